The lowest BCUT2D eigenvalue weighted by molar-refractivity contribution is -0.145. The van der Waals surface area contributed by atoms with E-state index >= 15 is 0 Å². The fourth-order valence-corrected chi connectivity index (χ4v) is 2.72. The Morgan fingerprint density at radius 2 is 1.48 bits per heavy atom. The highest BCUT2D eigenvalue weighted by Crippen LogP contribution is 2.23. The maximum atomic E-state index is 12.1. The molecule has 0 spiro atoms. The predicted molar refractivity (Wildman–Crippen MR) is 124 cm³/mol. The van der Waals surface area contributed by atoms with E-state index < -0.39 is 11.9 Å². The van der Waals surface area contributed by atoms with Gasteiger partial charge in [0.05, 0.1) is 11.6 Å². The molecule has 0 aliphatic heterocycles. The number of nitrogens with zero attached hydrogens (tertiary/aromatic N) is 1. The molecular formula is C27H21NO5. The van der Waals surface area contributed by atoms with E-state index in [0.717, 1.165) is 16.7 Å². The van der Waals surface area contributed by atoms with Crippen LogP contribution in [-0.4, -0.2) is 18.7 Å². The van der Waals surface area contributed by atoms with Gasteiger partial charge in [-0.3, -0.25) is 0 Å². The lowest BCUT2D eigenvalue weighted by Crippen LogP contribution is -2.10. The predicted octanol–water partition coefficient (Wildman–Crippen LogP) is 5.30. The van der Waals surface area contributed by atoms with Crippen molar-refractivity contribution in [2.24, 2.45) is 0 Å². The monoisotopic (exact) mass is 439 g/mol. The number of benzene rings is 3. The molecule has 0 bridgehead atoms. The van der Waals surface area contributed by atoms with E-state index in [1.807, 2.05) is 24.3 Å². The number of hydrogen-bond acceptors (Lipinski definition) is 6. The first kappa shape index (κ1) is 23.0. The van der Waals surface area contributed by atoms with Gasteiger partial charge in [0.15, 0.2) is 0 Å². The molecular weight excluding hydrogens is 418 g/mol. The van der Waals surface area contributed by atoms with Gasteiger partial charge >= 0.3 is 11.9 Å². The van der Waals surface area contributed by atoms with Crippen LogP contribution in [0.3, 0.4) is 0 Å². The molecule has 0 saturated carbocycles. The Hall–Kier alpha value is -4.63. The minimum Gasteiger partial charge on any atom is -0.457 e. The smallest absolute Gasteiger partial charge is 0.336 e. The summed E-state index contributed by atoms with van der Waals surface area (Å²) >= 11 is 0. The largest absolute Gasteiger partial charge is 0.457 e. The summed E-state index contributed by atoms with van der Waals surface area (Å²) in [4.78, 5) is 23.4. The Morgan fingerprint density at radius 3 is 2.06 bits per heavy atom. The maximum absolute atomic E-state index is 12.1. The van der Waals surface area contributed by atoms with Gasteiger partial charge in [-0.05, 0) is 66.1 Å². The van der Waals surface area contributed by atoms with Gasteiger partial charge in [-0.25, -0.2) is 9.59 Å². The average molecular weight is 439 g/mol. The minimum absolute atomic E-state index is 0.211. The number of carbonyl (C=O) groups is 2. The number of rotatable bonds is 8. The second kappa shape index (κ2) is 11.1. The Bertz CT molecular complexity index is 1200. The van der Waals surface area contributed by atoms with Crippen molar-refractivity contribution >= 4 is 18.0 Å². The van der Waals surface area contributed by atoms with Crippen molar-refractivity contribution in [3.8, 4) is 28.7 Å². The molecule has 0 aromatic heterocycles. The fraction of sp³-hybridized carbons (Fsp3) is 0.0741. The standard InChI is InChI=1S/C27H21NO5/c1-19(2)27(30)32-18-31-24-12-5-20(6-13-24)7-16-26(29)33-25-14-10-23(11-15-25)22-8-3-21(17-28)4-9-22/h3-16H,1,18H2,2H3. The zero-order valence-electron chi connectivity index (χ0n) is 18.0. The summed E-state index contributed by atoms with van der Waals surface area (Å²) in [5.74, 6) is -0.0770. The molecule has 6 nitrogen and oxygen atoms in total. The van der Waals surface area contributed by atoms with Gasteiger partial charge in [-0.15, -0.1) is 0 Å². The van der Waals surface area contributed by atoms with E-state index in [1.54, 1.807) is 61.5 Å². The lowest BCUT2D eigenvalue weighted by Gasteiger charge is -2.07. The van der Waals surface area contributed by atoms with Crippen LogP contribution in [0.15, 0.2) is 91.0 Å². The van der Waals surface area contributed by atoms with Crippen molar-refractivity contribution in [3.05, 3.63) is 102 Å². The summed E-state index contributed by atoms with van der Waals surface area (Å²) in [6.07, 6.45) is 2.96. The number of ether oxygens (including phenoxy) is 3. The van der Waals surface area contributed by atoms with E-state index in [4.69, 9.17) is 19.5 Å². The van der Waals surface area contributed by atoms with E-state index in [2.05, 4.69) is 12.6 Å². The summed E-state index contributed by atoms with van der Waals surface area (Å²) in [5, 5.41) is 8.88. The number of hydrogen-bond donors (Lipinski definition) is 0. The topological polar surface area (TPSA) is 85.6 Å². The Morgan fingerprint density at radius 1 is 0.909 bits per heavy atom. The normalized spacial score (nSPS) is 10.3. The molecule has 0 heterocycles. The molecule has 0 amide bonds. The second-order valence-electron chi connectivity index (χ2n) is 7.01. The first-order valence-corrected chi connectivity index (χ1v) is 10.0. The van der Waals surface area contributed by atoms with Crippen LogP contribution in [0.5, 0.6) is 11.5 Å². The molecule has 0 aliphatic carbocycles. The van der Waals surface area contributed by atoms with Gasteiger partial charge in [-0.2, -0.15) is 5.26 Å². The van der Waals surface area contributed by atoms with E-state index in [1.165, 1.54) is 6.08 Å². The molecule has 33 heavy (non-hydrogen) atoms. The lowest BCUT2D eigenvalue weighted by atomic mass is 10.0. The highest BCUT2D eigenvalue weighted by atomic mass is 16.7. The van der Waals surface area contributed by atoms with E-state index in [9.17, 15) is 9.59 Å². The third-order valence-corrected chi connectivity index (χ3v) is 4.48. The molecule has 0 saturated heterocycles. The number of nitriles is 1. The minimum atomic E-state index is -0.517. The van der Waals surface area contributed by atoms with Crippen molar-refractivity contribution < 1.29 is 23.8 Å². The van der Waals surface area contributed by atoms with Crippen molar-refractivity contribution in [1.82, 2.24) is 0 Å². The summed E-state index contributed by atoms with van der Waals surface area (Å²) in [6.45, 7) is 4.84. The quantitative estimate of drug-likeness (QED) is 0.205. The Balaban J connectivity index is 1.50. The summed E-state index contributed by atoms with van der Waals surface area (Å²) < 4.78 is 15.5. The first-order valence-electron chi connectivity index (χ1n) is 10.0. The van der Waals surface area contributed by atoms with Crippen LogP contribution in [0.25, 0.3) is 17.2 Å². The highest BCUT2D eigenvalue weighted by molar-refractivity contribution is 5.89. The second-order valence-corrected chi connectivity index (χ2v) is 7.01. The fourth-order valence-electron chi connectivity index (χ4n) is 2.72. The molecule has 0 fully saturated rings. The van der Waals surface area contributed by atoms with Gasteiger partial charge in [0.1, 0.15) is 11.5 Å². The van der Waals surface area contributed by atoms with Gasteiger partial charge < -0.3 is 14.2 Å². The molecule has 0 aliphatic rings. The van der Waals surface area contributed by atoms with Crippen molar-refractivity contribution in [2.75, 3.05) is 6.79 Å². The van der Waals surface area contributed by atoms with E-state index in [0.29, 0.717) is 22.6 Å². The molecule has 3 aromatic carbocycles. The maximum Gasteiger partial charge on any atom is 0.336 e. The van der Waals surface area contributed by atoms with Crippen molar-refractivity contribution in [2.45, 2.75) is 6.92 Å². The zero-order chi connectivity index (χ0) is 23.6. The number of esters is 2. The molecule has 6 heteroatoms. The molecule has 0 atom stereocenters. The molecule has 3 aromatic rings. The summed E-state index contributed by atoms with van der Waals surface area (Å²) in [5.41, 5.74) is 3.59. The van der Waals surface area contributed by atoms with Crippen LogP contribution >= 0.6 is 0 Å². The molecule has 164 valence electrons. The molecule has 3 rings (SSSR count). The van der Waals surface area contributed by atoms with Crippen LogP contribution in [0.2, 0.25) is 0 Å². The van der Waals surface area contributed by atoms with Crippen molar-refractivity contribution in [1.29, 1.82) is 5.26 Å². The van der Waals surface area contributed by atoms with Crippen LogP contribution in [0.4, 0.5) is 0 Å². The summed E-state index contributed by atoms with van der Waals surface area (Å²) in [6, 6.07) is 23.4. The third kappa shape index (κ3) is 6.94. The van der Waals surface area contributed by atoms with Crippen LogP contribution in [0.1, 0.15) is 18.1 Å². The first-order chi connectivity index (χ1) is 15.9. The van der Waals surface area contributed by atoms with Crippen LogP contribution in [0, 0.1) is 11.3 Å². The van der Waals surface area contributed by atoms with Gasteiger partial charge in [0, 0.05) is 11.6 Å². The number of carbonyl (C=O) groups excluding carboxylic acids is 2. The summed E-state index contributed by atoms with van der Waals surface area (Å²) in [7, 11) is 0. The highest BCUT2D eigenvalue weighted by Gasteiger charge is 2.04. The SMILES string of the molecule is C=C(C)C(=O)OCOc1ccc(C=CC(=O)Oc2ccc(-c3ccc(C#N)cc3)cc2)cc1. The van der Waals surface area contributed by atoms with Gasteiger partial charge in [-0.1, -0.05) is 43.0 Å². The van der Waals surface area contributed by atoms with Gasteiger partial charge in [0.2, 0.25) is 6.79 Å². The molecule has 0 N–H and O–H groups in total. The molecule has 0 radical (unpaired) electrons. The average Bonchev–Trinajstić information content (AvgIpc) is 2.84. The van der Waals surface area contributed by atoms with Crippen molar-refractivity contribution in [3.63, 3.8) is 0 Å². The van der Waals surface area contributed by atoms with E-state index in [-0.39, 0.29) is 6.79 Å². The third-order valence-electron chi connectivity index (χ3n) is 4.48. The van der Waals surface area contributed by atoms with Gasteiger partial charge in [0.25, 0.3) is 0 Å². The Labute approximate surface area is 192 Å². The van der Waals surface area contributed by atoms with Crippen LogP contribution < -0.4 is 9.47 Å². The Kier molecular flexibility index (Phi) is 7.76. The molecule has 0 unspecified atom stereocenters. The zero-order valence-corrected chi connectivity index (χ0v) is 18.0. The van der Waals surface area contributed by atoms with Crippen LogP contribution in [-0.2, 0) is 14.3 Å².